The Morgan fingerprint density at radius 3 is 2.84 bits per heavy atom. The zero-order valence-electron chi connectivity index (χ0n) is 12.7. The van der Waals surface area contributed by atoms with Crippen LogP contribution in [0.1, 0.15) is 18.2 Å². The summed E-state index contributed by atoms with van der Waals surface area (Å²) in [5, 5.41) is 10.0. The van der Waals surface area contributed by atoms with Crippen LogP contribution in [0.3, 0.4) is 0 Å². The molecular formula is C14H13F2N3O4S2. The van der Waals surface area contributed by atoms with Crippen molar-refractivity contribution in [1.29, 1.82) is 0 Å². The highest BCUT2D eigenvalue weighted by Gasteiger charge is 2.32. The molecule has 0 aliphatic carbocycles. The summed E-state index contributed by atoms with van der Waals surface area (Å²) in [6, 6.07) is 2.83. The number of nitrogens with zero attached hydrogens (tertiary/aromatic N) is 2. The zero-order valence-corrected chi connectivity index (χ0v) is 14.4. The Labute approximate surface area is 146 Å². The molecule has 3 rings (SSSR count). The molecule has 1 aliphatic rings. The van der Waals surface area contributed by atoms with Gasteiger partial charge in [0, 0.05) is 6.07 Å². The van der Waals surface area contributed by atoms with E-state index in [2.05, 4.69) is 15.5 Å². The van der Waals surface area contributed by atoms with Gasteiger partial charge in [-0.15, -0.1) is 10.2 Å². The van der Waals surface area contributed by atoms with Gasteiger partial charge in [-0.25, -0.2) is 17.2 Å². The van der Waals surface area contributed by atoms with Crippen molar-refractivity contribution in [3.63, 3.8) is 0 Å². The third-order valence-corrected chi connectivity index (χ3v) is 6.12. The molecule has 1 aliphatic heterocycles. The molecule has 1 saturated heterocycles. The van der Waals surface area contributed by atoms with Crippen LogP contribution < -0.4 is 5.32 Å². The molecule has 0 radical (unpaired) electrons. The van der Waals surface area contributed by atoms with Crippen LogP contribution in [0.4, 0.5) is 14.5 Å². The minimum Gasteiger partial charge on any atom is -0.416 e. The van der Waals surface area contributed by atoms with Crippen molar-refractivity contribution < 1.29 is 26.4 Å². The van der Waals surface area contributed by atoms with Gasteiger partial charge >= 0.3 is 0 Å². The number of anilines is 1. The summed E-state index contributed by atoms with van der Waals surface area (Å²) in [6.07, 6.45) is 0.430. The molecule has 25 heavy (non-hydrogen) atoms. The summed E-state index contributed by atoms with van der Waals surface area (Å²) in [4.78, 5) is 11.8. The van der Waals surface area contributed by atoms with Gasteiger partial charge in [-0.05, 0) is 18.6 Å². The molecule has 0 bridgehead atoms. The highest BCUT2D eigenvalue weighted by atomic mass is 32.2. The van der Waals surface area contributed by atoms with Gasteiger partial charge in [0.1, 0.15) is 11.6 Å². The molecule has 1 fully saturated rings. The Morgan fingerprint density at radius 2 is 2.16 bits per heavy atom. The molecule has 1 aromatic carbocycles. The molecule has 1 atom stereocenters. The fourth-order valence-corrected chi connectivity index (χ4v) is 4.64. The third kappa shape index (κ3) is 4.54. The maximum atomic E-state index is 13.5. The molecule has 0 spiro atoms. The third-order valence-electron chi connectivity index (χ3n) is 3.54. The number of halogens is 2. The Kier molecular flexibility index (Phi) is 5.04. The molecular weight excluding hydrogens is 376 g/mol. The van der Waals surface area contributed by atoms with E-state index in [1.165, 1.54) is 0 Å². The lowest BCUT2D eigenvalue weighted by Gasteiger charge is -2.05. The predicted molar refractivity (Wildman–Crippen MR) is 86.0 cm³/mol. The van der Waals surface area contributed by atoms with E-state index >= 15 is 0 Å². The highest BCUT2D eigenvalue weighted by molar-refractivity contribution is 7.99. The van der Waals surface area contributed by atoms with Crippen molar-refractivity contribution in [3.05, 3.63) is 35.7 Å². The lowest BCUT2D eigenvalue weighted by atomic mass is 10.1. The van der Waals surface area contributed by atoms with Gasteiger partial charge in [-0.2, -0.15) is 0 Å². The first-order valence-corrected chi connectivity index (χ1v) is 10.0. The first kappa shape index (κ1) is 17.8. The number of benzene rings is 1. The molecule has 2 aromatic rings. The van der Waals surface area contributed by atoms with Crippen LogP contribution in [0.15, 0.2) is 27.8 Å². The zero-order chi connectivity index (χ0) is 18.0. The van der Waals surface area contributed by atoms with E-state index < -0.39 is 27.4 Å². The van der Waals surface area contributed by atoms with E-state index in [0.29, 0.717) is 12.5 Å². The Hall–Kier alpha value is -2.01. The smallest absolute Gasteiger partial charge is 0.277 e. The van der Waals surface area contributed by atoms with Gasteiger partial charge in [-0.1, -0.05) is 11.8 Å². The number of thioether (sulfide) groups is 1. The van der Waals surface area contributed by atoms with E-state index in [1.54, 1.807) is 0 Å². The summed E-state index contributed by atoms with van der Waals surface area (Å²) >= 11 is 0.938. The predicted octanol–water partition coefficient (Wildman–Crippen LogP) is 1.98. The van der Waals surface area contributed by atoms with Gasteiger partial charge in [0.2, 0.25) is 11.8 Å². The highest BCUT2D eigenvalue weighted by Crippen LogP contribution is 2.29. The molecule has 1 N–H and O–H groups in total. The number of sulfone groups is 1. The lowest BCUT2D eigenvalue weighted by molar-refractivity contribution is -0.113. The number of carbonyl (C=O) groups is 1. The molecule has 11 heteroatoms. The molecule has 1 unspecified atom stereocenters. The second kappa shape index (κ2) is 7.08. The van der Waals surface area contributed by atoms with Crippen LogP contribution in [-0.4, -0.2) is 41.8 Å². The Morgan fingerprint density at radius 1 is 1.36 bits per heavy atom. The number of hydrogen-bond donors (Lipinski definition) is 1. The van der Waals surface area contributed by atoms with Crippen molar-refractivity contribution in [3.8, 4) is 0 Å². The van der Waals surface area contributed by atoms with Crippen LogP contribution in [0.2, 0.25) is 0 Å². The molecule has 134 valence electrons. The van der Waals surface area contributed by atoms with E-state index in [4.69, 9.17) is 4.42 Å². The minimum atomic E-state index is -3.06. The molecule has 2 heterocycles. The number of hydrogen-bond acceptors (Lipinski definition) is 7. The Balaban J connectivity index is 1.54. The van der Waals surface area contributed by atoms with Gasteiger partial charge < -0.3 is 9.73 Å². The van der Waals surface area contributed by atoms with Crippen molar-refractivity contribution in [1.82, 2.24) is 10.2 Å². The van der Waals surface area contributed by atoms with Crippen LogP contribution >= 0.6 is 11.8 Å². The summed E-state index contributed by atoms with van der Waals surface area (Å²) in [7, 11) is -3.06. The van der Waals surface area contributed by atoms with Gasteiger partial charge in [0.15, 0.2) is 9.84 Å². The van der Waals surface area contributed by atoms with Crippen LogP contribution in [0.25, 0.3) is 0 Å². The number of amides is 1. The first-order valence-electron chi connectivity index (χ1n) is 7.24. The normalized spacial score (nSPS) is 19.0. The fraction of sp³-hybridized carbons (Fsp3) is 0.357. The van der Waals surface area contributed by atoms with Crippen LogP contribution in [0.5, 0.6) is 0 Å². The standard InChI is InChI=1S/C14H13F2N3O4S2/c15-9-1-2-11(10(16)5-9)17-12(20)6-24-14-19-18-13(23-14)8-3-4-25(21,22)7-8/h1-2,5,8H,3-4,6-7H2,(H,17,20). The van der Waals surface area contributed by atoms with Crippen molar-refractivity contribution in [2.24, 2.45) is 0 Å². The quantitative estimate of drug-likeness (QED) is 0.780. The minimum absolute atomic E-state index is 0.0242. The lowest BCUT2D eigenvalue weighted by Crippen LogP contribution is -2.15. The maximum absolute atomic E-state index is 13.5. The second-order valence-corrected chi connectivity index (χ2v) is 8.62. The number of nitrogens with one attached hydrogen (secondary N) is 1. The average Bonchev–Trinajstić information content (AvgIpc) is 3.14. The summed E-state index contributed by atoms with van der Waals surface area (Å²) < 4.78 is 54.6. The van der Waals surface area contributed by atoms with Crippen LogP contribution in [-0.2, 0) is 14.6 Å². The Bertz CT molecular complexity index is 901. The number of rotatable bonds is 5. The number of aromatic nitrogens is 2. The van der Waals surface area contributed by atoms with Crippen molar-refractivity contribution in [2.45, 2.75) is 17.6 Å². The van der Waals surface area contributed by atoms with Crippen molar-refractivity contribution >= 4 is 33.2 Å². The summed E-state index contributed by atoms with van der Waals surface area (Å²) in [5.41, 5.74) is -0.130. The fourth-order valence-electron chi connectivity index (χ4n) is 2.34. The first-order chi connectivity index (χ1) is 11.8. The molecule has 0 saturated carbocycles. The van der Waals surface area contributed by atoms with E-state index in [-0.39, 0.29) is 40.0 Å². The largest absolute Gasteiger partial charge is 0.416 e. The average molecular weight is 389 g/mol. The van der Waals surface area contributed by atoms with E-state index in [1.807, 2.05) is 0 Å². The van der Waals surface area contributed by atoms with Crippen LogP contribution in [0, 0.1) is 11.6 Å². The number of carbonyl (C=O) groups excluding carboxylic acids is 1. The van der Waals surface area contributed by atoms with Gasteiger partial charge in [-0.3, -0.25) is 4.79 Å². The summed E-state index contributed by atoms with van der Waals surface area (Å²) in [6.45, 7) is 0. The summed E-state index contributed by atoms with van der Waals surface area (Å²) in [5.74, 6) is -2.29. The molecule has 1 aromatic heterocycles. The van der Waals surface area contributed by atoms with Gasteiger partial charge in [0.05, 0.1) is 28.9 Å². The molecule has 1 amide bonds. The van der Waals surface area contributed by atoms with E-state index in [9.17, 15) is 22.0 Å². The maximum Gasteiger partial charge on any atom is 0.277 e. The molecule has 7 nitrogen and oxygen atoms in total. The monoisotopic (exact) mass is 389 g/mol. The topological polar surface area (TPSA) is 102 Å². The second-order valence-electron chi connectivity index (χ2n) is 5.47. The van der Waals surface area contributed by atoms with Crippen molar-refractivity contribution in [2.75, 3.05) is 22.6 Å². The van der Waals surface area contributed by atoms with E-state index in [0.717, 1.165) is 23.9 Å². The van der Waals surface area contributed by atoms with Gasteiger partial charge in [0.25, 0.3) is 5.22 Å². The SMILES string of the molecule is O=C(CSc1nnc(C2CCS(=O)(=O)C2)o1)Nc1ccc(F)cc1F.